The van der Waals surface area contributed by atoms with Crippen LogP contribution in [-0.2, 0) is 18.9 Å². The van der Waals surface area contributed by atoms with Gasteiger partial charge < -0.3 is 29.6 Å². The van der Waals surface area contributed by atoms with E-state index in [2.05, 4.69) is 59.1 Å². The monoisotopic (exact) mass is 600 g/mol. The van der Waals surface area contributed by atoms with Crippen molar-refractivity contribution in [3.63, 3.8) is 0 Å². The van der Waals surface area contributed by atoms with Crippen LogP contribution in [0.1, 0.15) is 106 Å². The molecule has 0 aromatic rings. The molecule has 7 heteroatoms. The fourth-order valence-electron chi connectivity index (χ4n) is 13.4. The molecule has 0 bridgehead atoms. The van der Waals surface area contributed by atoms with Crippen LogP contribution in [0.2, 0.25) is 0 Å². The number of carbonyl (C=O) groups excluding carboxylic acids is 1. The predicted molar refractivity (Wildman–Crippen MR) is 166 cm³/mol. The maximum atomic E-state index is 12.3. The van der Waals surface area contributed by atoms with Crippen LogP contribution < -0.4 is 10.6 Å². The summed E-state index contributed by atoms with van der Waals surface area (Å²) in [5.41, 5.74) is 1.73. The molecule has 7 aliphatic rings. The van der Waals surface area contributed by atoms with Gasteiger partial charge in [0.15, 0.2) is 6.29 Å². The molecule has 2 saturated heterocycles. The quantitative estimate of drug-likeness (QED) is 0.373. The number of fused-ring (bicyclic) bond motifs is 4. The largest absolute Gasteiger partial charge is 0.443 e. The van der Waals surface area contributed by atoms with E-state index in [0.717, 1.165) is 44.4 Å². The van der Waals surface area contributed by atoms with Crippen LogP contribution in [0.5, 0.6) is 0 Å². The molecule has 1 amide bonds. The lowest BCUT2D eigenvalue weighted by atomic mass is 9.41. The summed E-state index contributed by atoms with van der Waals surface area (Å²) in [5.74, 6) is 2.87. The predicted octanol–water partition coefficient (Wildman–Crippen LogP) is 6.54. The van der Waals surface area contributed by atoms with Crippen LogP contribution in [0.4, 0.5) is 4.79 Å². The standard InChI is InChI=1S/C36H60N2O5/c1-21(2)30(43-31(39)37-8)23-17-22(3)29-24(41-23)18-34(7)26-10-9-25-32(4,5)27(42-28-19-38-15-16-40-28)11-12-35(25)20-36(26,35)14-13-33(29,34)6/h21-30,38H,9-20H2,1-8H3,(H,37,39)/t22-,23?,24?,25?,26?,27?,28+,29?,30?,33?,34+,35?,36?/m1/s1. The fourth-order valence-corrected chi connectivity index (χ4v) is 13.4. The normalized spacial score (nSPS) is 52.1. The molecule has 0 radical (unpaired) electrons. The van der Waals surface area contributed by atoms with Crippen molar-refractivity contribution in [2.24, 2.45) is 56.7 Å². The summed E-state index contributed by atoms with van der Waals surface area (Å²) in [5, 5.41) is 6.11. The minimum Gasteiger partial charge on any atom is -0.443 e. The highest BCUT2D eigenvalue weighted by Crippen LogP contribution is 2.89. The number of ether oxygens (including phenoxy) is 4. The zero-order chi connectivity index (χ0) is 30.6. The number of rotatable bonds is 5. The zero-order valence-electron chi connectivity index (χ0n) is 28.3. The third-order valence-corrected chi connectivity index (χ3v) is 15.3. The fraction of sp³-hybridized carbons (Fsp3) is 0.972. The molecule has 2 spiro atoms. The lowest BCUT2D eigenvalue weighted by Crippen LogP contribution is -2.58. The van der Waals surface area contributed by atoms with E-state index in [4.69, 9.17) is 18.9 Å². The maximum Gasteiger partial charge on any atom is 0.407 e. The Morgan fingerprint density at radius 3 is 2.44 bits per heavy atom. The van der Waals surface area contributed by atoms with Gasteiger partial charge in [-0.3, -0.25) is 0 Å². The first kappa shape index (κ1) is 30.7. The first-order valence-corrected chi connectivity index (χ1v) is 17.8. The Kier molecular flexibility index (Phi) is 7.37. The number of hydrogen-bond donors (Lipinski definition) is 2. The van der Waals surface area contributed by atoms with Gasteiger partial charge in [-0.2, -0.15) is 0 Å². The van der Waals surface area contributed by atoms with Gasteiger partial charge in [-0.1, -0.05) is 48.5 Å². The van der Waals surface area contributed by atoms with Crippen molar-refractivity contribution in [1.82, 2.24) is 10.6 Å². The third kappa shape index (κ3) is 4.22. The van der Waals surface area contributed by atoms with Crippen LogP contribution in [0, 0.1) is 56.7 Å². The smallest absolute Gasteiger partial charge is 0.407 e. The van der Waals surface area contributed by atoms with Crippen molar-refractivity contribution in [2.45, 2.75) is 137 Å². The Morgan fingerprint density at radius 2 is 1.74 bits per heavy atom. The van der Waals surface area contributed by atoms with Gasteiger partial charge >= 0.3 is 6.09 Å². The first-order chi connectivity index (χ1) is 20.3. The average Bonchev–Trinajstić information content (AvgIpc) is 3.56. The molecule has 0 aromatic heterocycles. The van der Waals surface area contributed by atoms with Crippen LogP contribution >= 0.6 is 0 Å². The van der Waals surface area contributed by atoms with Crippen LogP contribution in [0.25, 0.3) is 0 Å². The highest BCUT2D eigenvalue weighted by atomic mass is 16.7. The molecule has 7 rings (SSSR count). The zero-order valence-corrected chi connectivity index (χ0v) is 28.3. The van der Waals surface area contributed by atoms with Crippen molar-refractivity contribution < 1.29 is 23.7 Å². The van der Waals surface area contributed by atoms with E-state index >= 15 is 0 Å². The molecular formula is C36H60N2O5. The number of hydrogen-bond acceptors (Lipinski definition) is 6. The highest BCUT2D eigenvalue weighted by Gasteiger charge is 2.83. The molecule has 13 atom stereocenters. The first-order valence-electron chi connectivity index (χ1n) is 17.8. The van der Waals surface area contributed by atoms with E-state index in [0.29, 0.717) is 28.1 Å². The van der Waals surface area contributed by atoms with Gasteiger partial charge in [-0.15, -0.1) is 0 Å². The Hall–Kier alpha value is -0.890. The summed E-state index contributed by atoms with van der Waals surface area (Å²) >= 11 is 0. The molecule has 5 saturated carbocycles. The highest BCUT2D eigenvalue weighted by molar-refractivity contribution is 5.66. The summed E-state index contributed by atoms with van der Waals surface area (Å²) in [6.07, 6.45) is 11.3. The van der Waals surface area contributed by atoms with Gasteiger partial charge in [0.1, 0.15) is 6.10 Å². The van der Waals surface area contributed by atoms with Gasteiger partial charge in [0.2, 0.25) is 0 Å². The molecule has 2 N–H and O–H groups in total. The molecule has 0 aromatic carbocycles. The van der Waals surface area contributed by atoms with Crippen molar-refractivity contribution in [2.75, 3.05) is 26.7 Å². The summed E-state index contributed by atoms with van der Waals surface area (Å²) in [7, 11) is 1.64. The Labute approximate surface area is 260 Å². The number of nitrogens with one attached hydrogen (secondary N) is 2. The molecule has 43 heavy (non-hydrogen) atoms. The van der Waals surface area contributed by atoms with Crippen molar-refractivity contribution in [3.05, 3.63) is 0 Å². The van der Waals surface area contributed by atoms with E-state index < -0.39 is 0 Å². The van der Waals surface area contributed by atoms with E-state index in [9.17, 15) is 4.79 Å². The average molecular weight is 601 g/mol. The van der Waals surface area contributed by atoms with E-state index in [1.807, 2.05) is 0 Å². The lowest BCUT2D eigenvalue weighted by Gasteiger charge is -2.63. The molecule has 7 fully saturated rings. The summed E-state index contributed by atoms with van der Waals surface area (Å²) in [4.78, 5) is 12.3. The van der Waals surface area contributed by atoms with Crippen molar-refractivity contribution in [3.8, 4) is 0 Å². The third-order valence-electron chi connectivity index (χ3n) is 15.3. The van der Waals surface area contributed by atoms with E-state index in [1.165, 1.54) is 44.9 Å². The second kappa shape index (κ2) is 10.3. The second-order valence-corrected chi connectivity index (χ2v) is 17.5. The van der Waals surface area contributed by atoms with Gasteiger partial charge in [0, 0.05) is 20.1 Å². The van der Waals surface area contributed by atoms with Gasteiger partial charge in [-0.05, 0) is 114 Å². The minimum atomic E-state index is -0.347. The lowest BCUT2D eigenvalue weighted by molar-refractivity contribution is -0.235. The van der Waals surface area contributed by atoms with Crippen molar-refractivity contribution in [1.29, 1.82) is 0 Å². The summed E-state index contributed by atoms with van der Waals surface area (Å²) < 4.78 is 25.7. The Balaban J connectivity index is 1.12. The Bertz CT molecular complexity index is 1090. The molecule has 2 heterocycles. The second-order valence-electron chi connectivity index (χ2n) is 17.5. The SMILES string of the molecule is CNC(=O)OC(C(C)C)C1C[C@@H](C)C2C(C[C@@]3(C)C4CCC5C(C)(C)C(O[C@H]6CNCCO6)CCC56CC46CCC23C)O1. The van der Waals surface area contributed by atoms with Crippen LogP contribution in [0.3, 0.4) is 0 Å². The van der Waals surface area contributed by atoms with Crippen LogP contribution in [0.15, 0.2) is 0 Å². The number of morpholine rings is 1. The number of amides is 1. The molecule has 5 aliphatic carbocycles. The molecular weight excluding hydrogens is 540 g/mol. The van der Waals surface area contributed by atoms with E-state index in [-0.39, 0.29) is 53.5 Å². The van der Waals surface area contributed by atoms with Gasteiger partial charge in [-0.25, -0.2) is 4.79 Å². The van der Waals surface area contributed by atoms with Gasteiger partial charge in [0.05, 0.1) is 24.9 Å². The van der Waals surface area contributed by atoms with Crippen LogP contribution in [-0.4, -0.2) is 63.5 Å². The topological polar surface area (TPSA) is 78.1 Å². The van der Waals surface area contributed by atoms with E-state index in [1.54, 1.807) is 7.05 Å². The summed E-state index contributed by atoms with van der Waals surface area (Å²) in [6.45, 7) is 19.6. The molecule has 2 aliphatic heterocycles. The van der Waals surface area contributed by atoms with Crippen molar-refractivity contribution >= 4 is 6.09 Å². The maximum absolute atomic E-state index is 12.3. The number of carbonyl (C=O) groups is 1. The number of alkyl carbamates (subject to hydrolysis) is 1. The summed E-state index contributed by atoms with van der Waals surface area (Å²) in [6, 6.07) is 0. The molecule has 10 unspecified atom stereocenters. The molecule has 244 valence electrons. The minimum absolute atomic E-state index is 0.0303. The molecule has 7 nitrogen and oxygen atoms in total. The Morgan fingerprint density at radius 1 is 1.00 bits per heavy atom. The van der Waals surface area contributed by atoms with Gasteiger partial charge in [0.25, 0.3) is 0 Å².